The predicted octanol–water partition coefficient (Wildman–Crippen LogP) is 3.04. The summed E-state index contributed by atoms with van der Waals surface area (Å²) in [6, 6.07) is 8.95. The number of fused-ring (bicyclic) bond motifs is 1. The number of carbonyl (C=O) groups is 1. The van der Waals surface area contributed by atoms with E-state index in [9.17, 15) is 9.59 Å². The molecule has 1 N–H and O–H groups in total. The maximum atomic E-state index is 12.5. The summed E-state index contributed by atoms with van der Waals surface area (Å²) in [6.07, 6.45) is 0.527. The van der Waals surface area contributed by atoms with Gasteiger partial charge in [-0.1, -0.05) is 6.07 Å². The summed E-state index contributed by atoms with van der Waals surface area (Å²) in [5, 5.41) is 3.54. The number of methoxy groups -OCH3 is 4. The molecular weight excluding hydrogens is 414 g/mol. The lowest BCUT2D eigenvalue weighted by molar-refractivity contribution is -0.120. The largest absolute Gasteiger partial charge is 0.493 e. The van der Waals surface area contributed by atoms with Crippen molar-refractivity contribution in [2.45, 2.75) is 19.8 Å². The van der Waals surface area contributed by atoms with E-state index in [0.717, 1.165) is 5.56 Å². The first-order valence-corrected chi connectivity index (χ1v) is 10.1. The van der Waals surface area contributed by atoms with Crippen LogP contribution < -0.4 is 29.9 Å². The van der Waals surface area contributed by atoms with Crippen molar-refractivity contribution in [1.82, 2.24) is 5.32 Å². The molecule has 2 aromatic carbocycles. The van der Waals surface area contributed by atoms with Gasteiger partial charge in [0.25, 0.3) is 0 Å². The average Bonchev–Trinajstić information content (AvgIpc) is 2.80. The summed E-state index contributed by atoms with van der Waals surface area (Å²) in [5.74, 6) is 1.99. The zero-order chi connectivity index (χ0) is 23.3. The van der Waals surface area contributed by atoms with Crippen molar-refractivity contribution in [1.29, 1.82) is 0 Å². The van der Waals surface area contributed by atoms with E-state index in [4.69, 9.17) is 23.4 Å². The highest BCUT2D eigenvalue weighted by Gasteiger charge is 2.17. The predicted molar refractivity (Wildman–Crippen MR) is 120 cm³/mol. The molecule has 1 heterocycles. The first-order chi connectivity index (χ1) is 15.4. The van der Waals surface area contributed by atoms with Crippen LogP contribution in [0.5, 0.6) is 23.0 Å². The fourth-order valence-corrected chi connectivity index (χ4v) is 3.53. The molecule has 0 fully saturated rings. The Hall–Kier alpha value is -3.68. The molecule has 3 rings (SSSR count). The lowest BCUT2D eigenvalue weighted by Crippen LogP contribution is -2.29. The number of rotatable bonds is 9. The molecule has 3 aromatic rings. The van der Waals surface area contributed by atoms with Crippen molar-refractivity contribution in [3.05, 3.63) is 57.4 Å². The van der Waals surface area contributed by atoms with E-state index in [0.29, 0.717) is 58.1 Å². The Morgan fingerprint density at radius 1 is 0.906 bits per heavy atom. The monoisotopic (exact) mass is 441 g/mol. The van der Waals surface area contributed by atoms with Gasteiger partial charge in [-0.15, -0.1) is 0 Å². The summed E-state index contributed by atoms with van der Waals surface area (Å²) in [7, 11) is 6.20. The van der Waals surface area contributed by atoms with Crippen LogP contribution in [0.1, 0.15) is 16.7 Å². The lowest BCUT2D eigenvalue weighted by Gasteiger charge is -2.12. The van der Waals surface area contributed by atoms with Gasteiger partial charge in [0.1, 0.15) is 5.58 Å². The van der Waals surface area contributed by atoms with Crippen molar-refractivity contribution < 1.29 is 28.2 Å². The normalized spacial score (nSPS) is 10.7. The highest BCUT2D eigenvalue weighted by atomic mass is 16.5. The van der Waals surface area contributed by atoms with Gasteiger partial charge in [0.15, 0.2) is 23.0 Å². The Kier molecular flexibility index (Phi) is 7.25. The quantitative estimate of drug-likeness (QED) is 0.510. The minimum Gasteiger partial charge on any atom is -0.493 e. The minimum absolute atomic E-state index is 0.0790. The van der Waals surface area contributed by atoms with Crippen molar-refractivity contribution in [2.75, 3.05) is 35.0 Å². The van der Waals surface area contributed by atoms with Crippen LogP contribution in [0.4, 0.5) is 0 Å². The van der Waals surface area contributed by atoms with E-state index in [1.807, 2.05) is 18.2 Å². The van der Waals surface area contributed by atoms with Crippen LogP contribution in [0, 0.1) is 6.92 Å². The topological polar surface area (TPSA) is 96.2 Å². The summed E-state index contributed by atoms with van der Waals surface area (Å²) >= 11 is 0. The number of nitrogens with one attached hydrogen (secondary N) is 1. The molecule has 0 saturated heterocycles. The van der Waals surface area contributed by atoms with Crippen molar-refractivity contribution >= 4 is 16.9 Å². The van der Waals surface area contributed by atoms with E-state index in [1.165, 1.54) is 14.2 Å². The maximum absolute atomic E-state index is 12.5. The molecule has 32 heavy (non-hydrogen) atoms. The molecule has 0 aliphatic heterocycles. The zero-order valence-corrected chi connectivity index (χ0v) is 18.9. The van der Waals surface area contributed by atoms with E-state index in [-0.39, 0.29) is 12.3 Å². The molecule has 1 aromatic heterocycles. The second kappa shape index (κ2) is 10.1. The molecule has 1 amide bonds. The van der Waals surface area contributed by atoms with E-state index in [2.05, 4.69) is 5.32 Å². The van der Waals surface area contributed by atoms with Crippen LogP contribution in [-0.4, -0.2) is 40.9 Å². The summed E-state index contributed by atoms with van der Waals surface area (Å²) in [6.45, 7) is 2.20. The molecule has 0 spiro atoms. The Morgan fingerprint density at radius 3 is 2.19 bits per heavy atom. The van der Waals surface area contributed by atoms with E-state index in [1.54, 1.807) is 33.3 Å². The zero-order valence-electron chi connectivity index (χ0n) is 18.9. The molecular formula is C24H27NO7. The third-order valence-corrected chi connectivity index (χ3v) is 5.31. The van der Waals surface area contributed by atoms with Gasteiger partial charge >= 0.3 is 5.63 Å². The van der Waals surface area contributed by atoms with Crippen LogP contribution in [0.15, 0.2) is 39.5 Å². The number of amides is 1. The van der Waals surface area contributed by atoms with Gasteiger partial charge in [-0.05, 0) is 42.7 Å². The van der Waals surface area contributed by atoms with Gasteiger partial charge in [0.05, 0.1) is 40.4 Å². The number of benzene rings is 2. The van der Waals surface area contributed by atoms with Crippen LogP contribution in [0.2, 0.25) is 0 Å². The van der Waals surface area contributed by atoms with Crippen molar-refractivity contribution in [3.8, 4) is 23.0 Å². The first-order valence-electron chi connectivity index (χ1n) is 10.1. The second-order valence-electron chi connectivity index (χ2n) is 7.16. The Morgan fingerprint density at radius 2 is 1.53 bits per heavy atom. The number of hydrogen-bond acceptors (Lipinski definition) is 7. The highest BCUT2D eigenvalue weighted by Crippen LogP contribution is 2.33. The molecule has 0 aliphatic rings. The first kappa shape index (κ1) is 23.0. The Labute approximate surface area is 186 Å². The molecule has 0 aliphatic carbocycles. The number of ether oxygens (including phenoxy) is 4. The minimum atomic E-state index is -0.544. The standard InChI is InChI=1S/C24H27NO7/c1-14-16-11-21(30-4)22(31-5)13-19(16)32-24(27)17(14)12-23(26)25-9-8-15-6-7-18(28-2)20(10-15)29-3/h6-7,10-11,13H,8-9,12H2,1-5H3,(H,25,26). The Bertz CT molecular complexity index is 1180. The van der Waals surface area contributed by atoms with Crippen LogP contribution >= 0.6 is 0 Å². The second-order valence-corrected chi connectivity index (χ2v) is 7.16. The number of hydrogen-bond donors (Lipinski definition) is 1. The van der Waals surface area contributed by atoms with Crippen molar-refractivity contribution in [2.24, 2.45) is 0 Å². The van der Waals surface area contributed by atoms with Crippen LogP contribution in [0.25, 0.3) is 11.0 Å². The van der Waals surface area contributed by atoms with Gasteiger partial charge in [-0.3, -0.25) is 4.79 Å². The fraction of sp³-hybridized carbons (Fsp3) is 0.333. The molecule has 0 radical (unpaired) electrons. The van der Waals surface area contributed by atoms with Crippen molar-refractivity contribution in [3.63, 3.8) is 0 Å². The van der Waals surface area contributed by atoms with Gasteiger partial charge < -0.3 is 28.7 Å². The molecule has 8 heteroatoms. The third-order valence-electron chi connectivity index (χ3n) is 5.31. The molecule has 8 nitrogen and oxygen atoms in total. The van der Waals surface area contributed by atoms with Crippen LogP contribution in [-0.2, 0) is 17.6 Å². The van der Waals surface area contributed by atoms with Gasteiger partial charge in [-0.25, -0.2) is 4.79 Å². The third kappa shape index (κ3) is 4.80. The molecule has 0 atom stereocenters. The van der Waals surface area contributed by atoms with E-state index < -0.39 is 5.63 Å². The fourth-order valence-electron chi connectivity index (χ4n) is 3.53. The number of carbonyl (C=O) groups excluding carboxylic acids is 1. The Balaban J connectivity index is 1.72. The van der Waals surface area contributed by atoms with E-state index >= 15 is 0 Å². The molecule has 0 unspecified atom stereocenters. The van der Waals surface area contributed by atoms with Gasteiger partial charge in [-0.2, -0.15) is 0 Å². The number of aryl methyl sites for hydroxylation is 1. The average molecular weight is 441 g/mol. The smallest absolute Gasteiger partial charge is 0.340 e. The highest BCUT2D eigenvalue weighted by molar-refractivity contribution is 5.87. The van der Waals surface area contributed by atoms with Gasteiger partial charge in [0.2, 0.25) is 5.91 Å². The SMILES string of the molecule is COc1ccc(CCNC(=O)Cc2c(C)c3cc(OC)c(OC)cc3oc2=O)cc1OC. The summed E-state index contributed by atoms with van der Waals surface area (Å²) in [4.78, 5) is 25.0. The van der Waals surface area contributed by atoms with Crippen LogP contribution in [0.3, 0.4) is 0 Å². The van der Waals surface area contributed by atoms with Gasteiger partial charge in [0, 0.05) is 18.0 Å². The lowest BCUT2D eigenvalue weighted by atomic mass is 10.0. The summed E-state index contributed by atoms with van der Waals surface area (Å²) < 4.78 is 26.6. The maximum Gasteiger partial charge on any atom is 0.340 e. The molecule has 0 saturated carbocycles. The molecule has 170 valence electrons. The molecule has 0 bridgehead atoms. The summed E-state index contributed by atoms with van der Waals surface area (Å²) in [5.41, 5.74) is 1.81.